The summed E-state index contributed by atoms with van der Waals surface area (Å²) in [5, 5.41) is 0. The van der Waals surface area contributed by atoms with Gasteiger partial charge in [-0.1, -0.05) is 18.2 Å². The van der Waals surface area contributed by atoms with E-state index in [-0.39, 0.29) is 0 Å². The van der Waals surface area contributed by atoms with Gasteiger partial charge >= 0.3 is 0 Å². The molecule has 0 saturated heterocycles. The molecule has 0 N–H and O–H groups in total. The van der Waals surface area contributed by atoms with Gasteiger partial charge in [0.2, 0.25) is 0 Å². The van der Waals surface area contributed by atoms with E-state index >= 15 is 0 Å². The minimum Gasteiger partial charge on any atom is -0.494 e. The molecule has 0 fully saturated rings. The lowest BCUT2D eigenvalue weighted by Crippen LogP contribution is -1.90. The Labute approximate surface area is 95.2 Å². The van der Waals surface area contributed by atoms with E-state index in [1.807, 2.05) is 55.5 Å². The van der Waals surface area contributed by atoms with Crippen LogP contribution in [0.3, 0.4) is 0 Å². The van der Waals surface area contributed by atoms with Crippen molar-refractivity contribution in [1.82, 2.24) is 0 Å². The van der Waals surface area contributed by atoms with Gasteiger partial charge in [0, 0.05) is 0 Å². The number of hydrogen-bond acceptors (Lipinski definition) is 2. The molecule has 0 bridgehead atoms. The van der Waals surface area contributed by atoms with Crippen molar-refractivity contribution in [2.24, 2.45) is 0 Å². The highest BCUT2D eigenvalue weighted by molar-refractivity contribution is 5.67. The van der Waals surface area contributed by atoms with Crippen molar-refractivity contribution in [3.8, 4) is 5.75 Å². The fourth-order valence-corrected chi connectivity index (χ4v) is 1.41. The standard InChI is InChI=1S/C14H14O2/c1-2-15-14-9-6-12(7-10-14)5-8-13-4-3-11-16-13/h3-11H,2H2,1H3/b8-5+. The summed E-state index contributed by atoms with van der Waals surface area (Å²) in [7, 11) is 0. The molecule has 1 heterocycles. The first-order chi connectivity index (χ1) is 7.88. The molecule has 82 valence electrons. The van der Waals surface area contributed by atoms with Crippen LogP contribution >= 0.6 is 0 Å². The summed E-state index contributed by atoms with van der Waals surface area (Å²) in [5.41, 5.74) is 1.12. The van der Waals surface area contributed by atoms with Crippen LogP contribution in [0.25, 0.3) is 12.2 Å². The van der Waals surface area contributed by atoms with Crippen LogP contribution in [-0.4, -0.2) is 6.61 Å². The average molecular weight is 214 g/mol. The minimum atomic E-state index is 0.696. The molecule has 0 unspecified atom stereocenters. The topological polar surface area (TPSA) is 22.4 Å². The summed E-state index contributed by atoms with van der Waals surface area (Å²) in [4.78, 5) is 0. The Morgan fingerprint density at radius 3 is 2.56 bits per heavy atom. The maximum Gasteiger partial charge on any atom is 0.126 e. The molecule has 2 heteroatoms. The van der Waals surface area contributed by atoms with Crippen molar-refractivity contribution in [2.45, 2.75) is 6.92 Å². The average Bonchev–Trinajstić information content (AvgIpc) is 2.82. The largest absolute Gasteiger partial charge is 0.494 e. The molecule has 0 aliphatic rings. The molecular formula is C14H14O2. The van der Waals surface area contributed by atoms with Crippen molar-refractivity contribution in [2.75, 3.05) is 6.61 Å². The van der Waals surface area contributed by atoms with E-state index in [1.165, 1.54) is 0 Å². The zero-order valence-corrected chi connectivity index (χ0v) is 9.22. The summed E-state index contributed by atoms with van der Waals surface area (Å²) >= 11 is 0. The Kier molecular flexibility index (Phi) is 3.44. The van der Waals surface area contributed by atoms with E-state index in [2.05, 4.69) is 0 Å². The maximum atomic E-state index is 5.37. The monoisotopic (exact) mass is 214 g/mol. The fraction of sp³-hybridized carbons (Fsp3) is 0.143. The van der Waals surface area contributed by atoms with Crippen LogP contribution in [0.4, 0.5) is 0 Å². The van der Waals surface area contributed by atoms with Crippen molar-refractivity contribution in [3.05, 3.63) is 54.0 Å². The third kappa shape index (κ3) is 2.76. The van der Waals surface area contributed by atoms with Gasteiger partial charge in [-0.3, -0.25) is 0 Å². The van der Waals surface area contributed by atoms with Crippen molar-refractivity contribution < 1.29 is 9.15 Å². The first-order valence-electron chi connectivity index (χ1n) is 5.33. The first-order valence-corrected chi connectivity index (χ1v) is 5.33. The molecule has 0 aliphatic heterocycles. The molecule has 1 aromatic carbocycles. The van der Waals surface area contributed by atoms with E-state index in [4.69, 9.17) is 9.15 Å². The number of hydrogen-bond donors (Lipinski definition) is 0. The summed E-state index contributed by atoms with van der Waals surface area (Å²) in [5.74, 6) is 1.76. The van der Waals surface area contributed by atoms with Crippen LogP contribution in [0.2, 0.25) is 0 Å². The van der Waals surface area contributed by atoms with E-state index in [9.17, 15) is 0 Å². The van der Waals surface area contributed by atoms with E-state index in [1.54, 1.807) is 6.26 Å². The van der Waals surface area contributed by atoms with Gasteiger partial charge in [0.05, 0.1) is 12.9 Å². The van der Waals surface area contributed by atoms with Gasteiger partial charge in [-0.25, -0.2) is 0 Å². The quantitative estimate of drug-likeness (QED) is 0.771. The molecular weight excluding hydrogens is 200 g/mol. The Morgan fingerprint density at radius 2 is 1.94 bits per heavy atom. The molecule has 0 amide bonds. The van der Waals surface area contributed by atoms with Gasteiger partial charge < -0.3 is 9.15 Å². The molecule has 0 atom stereocenters. The van der Waals surface area contributed by atoms with Crippen LogP contribution in [0.5, 0.6) is 5.75 Å². The highest BCUT2D eigenvalue weighted by Gasteiger charge is 1.92. The van der Waals surface area contributed by atoms with E-state index < -0.39 is 0 Å². The van der Waals surface area contributed by atoms with Crippen LogP contribution in [0.1, 0.15) is 18.2 Å². The second-order valence-corrected chi connectivity index (χ2v) is 3.35. The predicted molar refractivity (Wildman–Crippen MR) is 65.2 cm³/mol. The minimum absolute atomic E-state index is 0.696. The highest BCUT2D eigenvalue weighted by Crippen LogP contribution is 2.14. The molecule has 2 aromatic rings. The predicted octanol–water partition coefficient (Wildman–Crippen LogP) is 3.85. The molecule has 2 nitrogen and oxygen atoms in total. The number of benzene rings is 1. The molecule has 0 aliphatic carbocycles. The van der Waals surface area contributed by atoms with Gasteiger partial charge in [0.15, 0.2) is 0 Å². The molecule has 2 rings (SSSR count). The highest BCUT2D eigenvalue weighted by atomic mass is 16.5. The van der Waals surface area contributed by atoms with Crippen molar-refractivity contribution in [1.29, 1.82) is 0 Å². The summed E-state index contributed by atoms with van der Waals surface area (Å²) in [6.45, 7) is 2.67. The lowest BCUT2D eigenvalue weighted by molar-refractivity contribution is 0.340. The fourth-order valence-electron chi connectivity index (χ4n) is 1.41. The molecule has 0 spiro atoms. The molecule has 0 radical (unpaired) electrons. The maximum absolute atomic E-state index is 5.37. The lowest BCUT2D eigenvalue weighted by atomic mass is 10.2. The normalized spacial score (nSPS) is 10.8. The number of furan rings is 1. The summed E-state index contributed by atoms with van der Waals surface area (Å²) in [6.07, 6.45) is 5.61. The number of ether oxygens (including phenoxy) is 1. The Bertz CT molecular complexity index is 438. The van der Waals surface area contributed by atoms with Gasteiger partial charge in [-0.05, 0) is 42.8 Å². The van der Waals surface area contributed by atoms with Gasteiger partial charge in [-0.2, -0.15) is 0 Å². The SMILES string of the molecule is CCOc1ccc(/C=C/c2ccco2)cc1. The van der Waals surface area contributed by atoms with Gasteiger partial charge in [0.1, 0.15) is 11.5 Å². The zero-order chi connectivity index (χ0) is 11.2. The Hall–Kier alpha value is -1.96. The van der Waals surface area contributed by atoms with Crippen LogP contribution in [0, 0.1) is 0 Å². The smallest absolute Gasteiger partial charge is 0.126 e. The van der Waals surface area contributed by atoms with Crippen LogP contribution in [0.15, 0.2) is 47.1 Å². The zero-order valence-electron chi connectivity index (χ0n) is 9.22. The van der Waals surface area contributed by atoms with E-state index in [0.29, 0.717) is 6.61 Å². The van der Waals surface area contributed by atoms with Crippen molar-refractivity contribution in [3.63, 3.8) is 0 Å². The third-order valence-corrected chi connectivity index (χ3v) is 2.17. The molecule has 1 aromatic heterocycles. The van der Waals surface area contributed by atoms with Crippen LogP contribution < -0.4 is 4.74 Å². The molecule has 16 heavy (non-hydrogen) atoms. The second-order valence-electron chi connectivity index (χ2n) is 3.35. The summed E-state index contributed by atoms with van der Waals surface area (Å²) in [6, 6.07) is 11.8. The lowest BCUT2D eigenvalue weighted by Gasteiger charge is -2.01. The third-order valence-electron chi connectivity index (χ3n) is 2.17. The van der Waals surface area contributed by atoms with Crippen molar-refractivity contribution >= 4 is 12.2 Å². The van der Waals surface area contributed by atoms with E-state index in [0.717, 1.165) is 17.1 Å². The summed E-state index contributed by atoms with van der Waals surface area (Å²) < 4.78 is 10.6. The Balaban J connectivity index is 2.05. The van der Waals surface area contributed by atoms with Gasteiger partial charge in [-0.15, -0.1) is 0 Å². The Morgan fingerprint density at radius 1 is 1.12 bits per heavy atom. The second kappa shape index (κ2) is 5.21. The number of rotatable bonds is 4. The molecule has 0 saturated carbocycles. The van der Waals surface area contributed by atoms with Gasteiger partial charge in [0.25, 0.3) is 0 Å². The first kappa shape index (κ1) is 10.6. The van der Waals surface area contributed by atoms with Crippen LogP contribution in [-0.2, 0) is 0 Å².